The Bertz CT molecular complexity index is 1070. The molecule has 2 amide bonds. The van der Waals surface area contributed by atoms with Crippen LogP contribution in [0.25, 0.3) is 11.3 Å². The molecule has 0 atom stereocenters. The van der Waals surface area contributed by atoms with Crippen LogP contribution in [0.2, 0.25) is 5.02 Å². The van der Waals surface area contributed by atoms with E-state index < -0.39 is 0 Å². The van der Waals surface area contributed by atoms with Gasteiger partial charge in [-0.2, -0.15) is 5.10 Å². The minimum Gasteiger partial charge on any atom is -0.322 e. The first-order valence-electron chi connectivity index (χ1n) is 10.0. The summed E-state index contributed by atoms with van der Waals surface area (Å²) in [6, 6.07) is 16.2. The van der Waals surface area contributed by atoms with Gasteiger partial charge in [0, 0.05) is 30.3 Å². The lowest BCUT2D eigenvalue weighted by Gasteiger charge is -2.09. The van der Waals surface area contributed by atoms with Crippen molar-refractivity contribution in [3.05, 3.63) is 65.2 Å². The van der Waals surface area contributed by atoms with E-state index in [-0.39, 0.29) is 17.7 Å². The van der Waals surface area contributed by atoms with Gasteiger partial charge in [-0.05, 0) is 37.1 Å². The summed E-state index contributed by atoms with van der Waals surface area (Å²) in [5.74, 6) is 0.588. The number of nitrogens with zero attached hydrogens (tertiary/aromatic N) is 2. The van der Waals surface area contributed by atoms with Crippen LogP contribution in [0, 0.1) is 5.92 Å². The highest BCUT2D eigenvalue weighted by atomic mass is 35.5. The lowest BCUT2D eigenvalue weighted by Crippen LogP contribution is -2.21. The number of hydrogen-bond donors (Lipinski definition) is 2. The lowest BCUT2D eigenvalue weighted by atomic mass is 10.1. The zero-order valence-corrected chi connectivity index (χ0v) is 17.4. The van der Waals surface area contributed by atoms with Crippen LogP contribution >= 0.6 is 11.6 Å². The molecule has 2 N–H and O–H groups in total. The second-order valence-electron chi connectivity index (χ2n) is 7.52. The van der Waals surface area contributed by atoms with E-state index in [1.165, 1.54) is 0 Å². The summed E-state index contributed by atoms with van der Waals surface area (Å²) in [6.07, 6.45) is 4.15. The number of halogens is 1. The quantitative estimate of drug-likeness (QED) is 0.599. The van der Waals surface area contributed by atoms with Gasteiger partial charge in [-0.3, -0.25) is 14.3 Å². The summed E-state index contributed by atoms with van der Waals surface area (Å²) in [6.45, 7) is 0. The molecule has 1 fully saturated rings. The topological polar surface area (TPSA) is 76.0 Å². The van der Waals surface area contributed by atoms with E-state index in [0.29, 0.717) is 22.1 Å². The molecule has 2 aromatic carbocycles. The zero-order valence-electron chi connectivity index (χ0n) is 16.7. The van der Waals surface area contributed by atoms with E-state index >= 15 is 0 Å². The van der Waals surface area contributed by atoms with E-state index in [0.717, 1.165) is 36.9 Å². The van der Waals surface area contributed by atoms with E-state index in [2.05, 4.69) is 15.7 Å². The molecule has 4 rings (SSSR count). The van der Waals surface area contributed by atoms with E-state index in [4.69, 9.17) is 11.6 Å². The maximum Gasteiger partial charge on any atom is 0.257 e. The van der Waals surface area contributed by atoms with Crippen molar-refractivity contribution in [1.29, 1.82) is 0 Å². The number of anilines is 2. The predicted octanol–water partition coefficient (Wildman–Crippen LogP) is 5.12. The van der Waals surface area contributed by atoms with Crippen molar-refractivity contribution >= 4 is 34.9 Å². The number of nitrogens with one attached hydrogen (secondary N) is 2. The largest absolute Gasteiger partial charge is 0.322 e. The second-order valence-corrected chi connectivity index (χ2v) is 7.93. The fourth-order valence-electron chi connectivity index (χ4n) is 3.71. The van der Waals surface area contributed by atoms with Crippen LogP contribution in [0.1, 0.15) is 36.0 Å². The van der Waals surface area contributed by atoms with Gasteiger partial charge in [0.1, 0.15) is 5.82 Å². The number of carbonyl (C=O) groups is 2. The SMILES string of the molecule is Cn1nc(-c2ccc(NC(=O)c3ccccc3Cl)cc2)cc1NC(=O)C1CCCC1. The van der Waals surface area contributed by atoms with Gasteiger partial charge < -0.3 is 10.6 Å². The standard InChI is InChI=1S/C23H23ClN4O2/c1-28-21(26-22(29)16-6-2-3-7-16)14-20(27-28)15-10-12-17(13-11-15)25-23(30)18-8-4-5-9-19(18)24/h4-5,8-14,16H,2-3,6-7H2,1H3,(H,25,30)(H,26,29). The number of rotatable bonds is 5. The van der Waals surface area contributed by atoms with Crippen LogP contribution < -0.4 is 10.6 Å². The molecular formula is C23H23ClN4O2. The van der Waals surface area contributed by atoms with Crippen molar-refractivity contribution in [3.8, 4) is 11.3 Å². The number of aryl methyl sites for hydroxylation is 1. The third-order valence-electron chi connectivity index (χ3n) is 5.41. The second kappa shape index (κ2) is 8.71. The maximum atomic E-state index is 12.4. The Morgan fingerprint density at radius 2 is 1.73 bits per heavy atom. The molecule has 1 heterocycles. The highest BCUT2D eigenvalue weighted by Crippen LogP contribution is 2.28. The molecule has 0 saturated heterocycles. The molecule has 154 valence electrons. The van der Waals surface area contributed by atoms with Crippen LogP contribution in [-0.4, -0.2) is 21.6 Å². The monoisotopic (exact) mass is 422 g/mol. The molecule has 1 saturated carbocycles. The normalized spacial score (nSPS) is 13.9. The predicted molar refractivity (Wildman–Crippen MR) is 119 cm³/mol. The van der Waals surface area contributed by atoms with E-state index in [9.17, 15) is 9.59 Å². The molecule has 7 heteroatoms. The van der Waals surface area contributed by atoms with Gasteiger partial charge in [0.2, 0.25) is 5.91 Å². The number of hydrogen-bond acceptors (Lipinski definition) is 3. The molecule has 1 aliphatic carbocycles. The van der Waals surface area contributed by atoms with Crippen molar-refractivity contribution in [1.82, 2.24) is 9.78 Å². The molecule has 30 heavy (non-hydrogen) atoms. The number of carbonyl (C=O) groups excluding carboxylic acids is 2. The third kappa shape index (κ3) is 4.39. The van der Waals surface area contributed by atoms with Crippen LogP contribution in [0.3, 0.4) is 0 Å². The van der Waals surface area contributed by atoms with Crippen molar-refractivity contribution in [2.24, 2.45) is 13.0 Å². The molecule has 0 spiro atoms. The first kappa shape index (κ1) is 20.2. The first-order valence-corrected chi connectivity index (χ1v) is 10.4. The Morgan fingerprint density at radius 1 is 1.03 bits per heavy atom. The van der Waals surface area contributed by atoms with Gasteiger partial charge in [0.15, 0.2) is 0 Å². The minimum absolute atomic E-state index is 0.0692. The summed E-state index contributed by atoms with van der Waals surface area (Å²) in [5, 5.41) is 10.8. The summed E-state index contributed by atoms with van der Waals surface area (Å²) >= 11 is 6.08. The van der Waals surface area contributed by atoms with E-state index in [1.807, 2.05) is 37.4 Å². The summed E-state index contributed by atoms with van der Waals surface area (Å²) in [5.41, 5.74) is 2.73. The van der Waals surface area contributed by atoms with Gasteiger partial charge in [-0.15, -0.1) is 0 Å². The van der Waals surface area contributed by atoms with Crippen LogP contribution in [0.15, 0.2) is 54.6 Å². The fourth-order valence-corrected chi connectivity index (χ4v) is 3.93. The fraction of sp³-hybridized carbons (Fsp3) is 0.261. The Kier molecular flexibility index (Phi) is 5.86. The minimum atomic E-state index is -0.261. The molecule has 3 aromatic rings. The molecule has 0 bridgehead atoms. The highest BCUT2D eigenvalue weighted by Gasteiger charge is 2.23. The summed E-state index contributed by atoms with van der Waals surface area (Å²) < 4.78 is 1.68. The van der Waals surface area contributed by atoms with Gasteiger partial charge in [0.05, 0.1) is 16.3 Å². The average molecular weight is 423 g/mol. The van der Waals surface area contributed by atoms with Crippen LogP contribution in [0.4, 0.5) is 11.5 Å². The Labute approximate surface area is 180 Å². The summed E-state index contributed by atoms with van der Waals surface area (Å²) in [7, 11) is 1.81. The first-order chi connectivity index (χ1) is 14.5. The number of benzene rings is 2. The Morgan fingerprint density at radius 3 is 2.43 bits per heavy atom. The molecule has 6 nitrogen and oxygen atoms in total. The third-order valence-corrected chi connectivity index (χ3v) is 5.74. The molecular weight excluding hydrogens is 400 g/mol. The van der Waals surface area contributed by atoms with Gasteiger partial charge in [-0.1, -0.05) is 48.7 Å². The van der Waals surface area contributed by atoms with Crippen molar-refractivity contribution < 1.29 is 9.59 Å². The van der Waals surface area contributed by atoms with Gasteiger partial charge in [-0.25, -0.2) is 0 Å². The number of aromatic nitrogens is 2. The van der Waals surface area contributed by atoms with E-state index in [1.54, 1.807) is 28.9 Å². The molecule has 1 aromatic heterocycles. The highest BCUT2D eigenvalue weighted by molar-refractivity contribution is 6.34. The zero-order chi connectivity index (χ0) is 21.1. The molecule has 0 unspecified atom stereocenters. The molecule has 1 aliphatic rings. The summed E-state index contributed by atoms with van der Waals surface area (Å²) in [4.78, 5) is 24.8. The molecule has 0 radical (unpaired) electrons. The van der Waals surface area contributed by atoms with Crippen LogP contribution in [0.5, 0.6) is 0 Å². The lowest BCUT2D eigenvalue weighted by molar-refractivity contribution is -0.119. The Balaban J connectivity index is 1.44. The smallest absolute Gasteiger partial charge is 0.257 e. The van der Waals surface area contributed by atoms with Gasteiger partial charge >= 0.3 is 0 Å². The number of amides is 2. The molecule has 0 aliphatic heterocycles. The van der Waals surface area contributed by atoms with Crippen LogP contribution in [-0.2, 0) is 11.8 Å². The average Bonchev–Trinajstić information content (AvgIpc) is 3.39. The maximum absolute atomic E-state index is 12.4. The van der Waals surface area contributed by atoms with Crippen molar-refractivity contribution in [2.45, 2.75) is 25.7 Å². The van der Waals surface area contributed by atoms with Crippen molar-refractivity contribution in [2.75, 3.05) is 10.6 Å². The van der Waals surface area contributed by atoms with Crippen molar-refractivity contribution in [3.63, 3.8) is 0 Å². The Hall–Kier alpha value is -3.12. The van der Waals surface area contributed by atoms with Gasteiger partial charge in [0.25, 0.3) is 5.91 Å².